The standard InChI is InChI=1S/C17H19N5O2/c1-2-23-8-3-5-20-17-21-10-14(15-11-18-6-7-19-15)16(22-17)13-4-9-24-12-13/h4,6-7,9-12H,2-3,5,8H2,1H3,(H,20,21,22). The number of hydrogen-bond donors (Lipinski definition) is 1. The molecule has 0 aliphatic rings. The maximum Gasteiger partial charge on any atom is 0.223 e. The predicted molar refractivity (Wildman–Crippen MR) is 90.4 cm³/mol. The first-order valence-corrected chi connectivity index (χ1v) is 7.86. The van der Waals surface area contributed by atoms with Gasteiger partial charge in [-0.05, 0) is 19.4 Å². The Balaban J connectivity index is 1.83. The molecule has 0 amide bonds. The van der Waals surface area contributed by atoms with Gasteiger partial charge in [-0.2, -0.15) is 0 Å². The highest BCUT2D eigenvalue weighted by Crippen LogP contribution is 2.29. The van der Waals surface area contributed by atoms with Crippen LogP contribution in [0.15, 0.2) is 47.8 Å². The van der Waals surface area contributed by atoms with Gasteiger partial charge >= 0.3 is 0 Å². The Kier molecular flexibility index (Phi) is 5.47. The number of rotatable bonds is 8. The molecule has 0 saturated carbocycles. The summed E-state index contributed by atoms with van der Waals surface area (Å²) in [5.74, 6) is 0.565. The van der Waals surface area contributed by atoms with Gasteiger partial charge in [-0.3, -0.25) is 9.97 Å². The summed E-state index contributed by atoms with van der Waals surface area (Å²) in [6.07, 6.45) is 10.9. The van der Waals surface area contributed by atoms with E-state index in [9.17, 15) is 0 Å². The third-order valence-corrected chi connectivity index (χ3v) is 3.38. The molecule has 0 atom stereocenters. The second kappa shape index (κ2) is 8.16. The van der Waals surface area contributed by atoms with E-state index in [4.69, 9.17) is 9.15 Å². The third kappa shape index (κ3) is 3.94. The van der Waals surface area contributed by atoms with Crippen molar-refractivity contribution in [1.82, 2.24) is 19.9 Å². The van der Waals surface area contributed by atoms with Crippen molar-refractivity contribution in [3.63, 3.8) is 0 Å². The van der Waals surface area contributed by atoms with Gasteiger partial charge in [-0.15, -0.1) is 0 Å². The minimum absolute atomic E-state index is 0.565. The van der Waals surface area contributed by atoms with Gasteiger partial charge in [-0.1, -0.05) is 0 Å². The minimum atomic E-state index is 0.565. The molecule has 0 fully saturated rings. The monoisotopic (exact) mass is 325 g/mol. The lowest BCUT2D eigenvalue weighted by atomic mass is 10.1. The number of ether oxygens (including phenoxy) is 1. The Labute approximate surface area is 140 Å². The van der Waals surface area contributed by atoms with Gasteiger partial charge < -0.3 is 14.5 Å². The average molecular weight is 325 g/mol. The van der Waals surface area contributed by atoms with Crippen molar-refractivity contribution in [1.29, 1.82) is 0 Å². The van der Waals surface area contributed by atoms with E-state index >= 15 is 0 Å². The Morgan fingerprint density at radius 3 is 2.92 bits per heavy atom. The summed E-state index contributed by atoms with van der Waals surface area (Å²) >= 11 is 0. The molecule has 3 aromatic rings. The summed E-state index contributed by atoms with van der Waals surface area (Å²) in [6.45, 7) is 4.18. The molecule has 0 aliphatic carbocycles. The topological polar surface area (TPSA) is 86.0 Å². The van der Waals surface area contributed by atoms with Crippen LogP contribution < -0.4 is 5.32 Å². The fraction of sp³-hybridized carbons (Fsp3) is 0.294. The molecule has 3 heterocycles. The first-order valence-electron chi connectivity index (χ1n) is 7.86. The van der Waals surface area contributed by atoms with Crippen LogP contribution in [0, 0.1) is 0 Å². The van der Waals surface area contributed by atoms with Crippen LogP contribution in [0.3, 0.4) is 0 Å². The fourth-order valence-electron chi connectivity index (χ4n) is 2.23. The molecule has 24 heavy (non-hydrogen) atoms. The van der Waals surface area contributed by atoms with Crippen molar-refractivity contribution in [3.05, 3.63) is 43.4 Å². The Morgan fingerprint density at radius 2 is 2.17 bits per heavy atom. The van der Waals surface area contributed by atoms with E-state index in [1.807, 2.05) is 13.0 Å². The van der Waals surface area contributed by atoms with Crippen molar-refractivity contribution >= 4 is 5.95 Å². The zero-order valence-electron chi connectivity index (χ0n) is 13.5. The Bertz CT molecular complexity index is 747. The molecule has 7 nitrogen and oxygen atoms in total. The average Bonchev–Trinajstić information content (AvgIpc) is 3.17. The van der Waals surface area contributed by atoms with Crippen molar-refractivity contribution in [3.8, 4) is 22.5 Å². The SMILES string of the molecule is CCOCCCNc1ncc(-c2cnccn2)c(-c2ccoc2)n1. The summed E-state index contributed by atoms with van der Waals surface area (Å²) < 4.78 is 10.5. The van der Waals surface area contributed by atoms with E-state index < -0.39 is 0 Å². The maximum absolute atomic E-state index is 5.32. The van der Waals surface area contributed by atoms with E-state index in [-0.39, 0.29) is 0 Å². The zero-order chi connectivity index (χ0) is 16.6. The summed E-state index contributed by atoms with van der Waals surface area (Å²) in [4.78, 5) is 17.4. The lowest BCUT2D eigenvalue weighted by Crippen LogP contribution is -2.09. The van der Waals surface area contributed by atoms with Gasteiger partial charge in [0.15, 0.2) is 0 Å². The van der Waals surface area contributed by atoms with Gasteiger partial charge in [0.2, 0.25) is 5.95 Å². The molecule has 0 unspecified atom stereocenters. The first kappa shape index (κ1) is 16.1. The van der Waals surface area contributed by atoms with Gasteiger partial charge in [0.05, 0.1) is 30.1 Å². The van der Waals surface area contributed by atoms with E-state index in [1.165, 1.54) is 0 Å². The van der Waals surface area contributed by atoms with Crippen LogP contribution >= 0.6 is 0 Å². The molecule has 3 aromatic heterocycles. The minimum Gasteiger partial charge on any atom is -0.472 e. The largest absolute Gasteiger partial charge is 0.472 e. The summed E-state index contributed by atoms with van der Waals surface area (Å²) in [7, 11) is 0. The highest BCUT2D eigenvalue weighted by molar-refractivity contribution is 5.78. The van der Waals surface area contributed by atoms with Crippen molar-refractivity contribution in [2.24, 2.45) is 0 Å². The molecule has 0 spiro atoms. The quantitative estimate of drug-likeness (QED) is 0.637. The van der Waals surface area contributed by atoms with E-state index in [1.54, 1.807) is 37.3 Å². The lowest BCUT2D eigenvalue weighted by Gasteiger charge is -2.10. The number of nitrogens with zero attached hydrogens (tertiary/aromatic N) is 4. The van der Waals surface area contributed by atoms with Gasteiger partial charge in [0.25, 0.3) is 0 Å². The van der Waals surface area contributed by atoms with Crippen LogP contribution in [-0.4, -0.2) is 39.7 Å². The van der Waals surface area contributed by atoms with Crippen LogP contribution in [-0.2, 0) is 4.74 Å². The molecular formula is C17H19N5O2. The predicted octanol–water partition coefficient (Wildman–Crippen LogP) is 3.03. The summed E-state index contributed by atoms with van der Waals surface area (Å²) in [5.41, 5.74) is 3.16. The molecule has 3 rings (SSSR count). The van der Waals surface area contributed by atoms with Crippen molar-refractivity contribution in [2.45, 2.75) is 13.3 Å². The van der Waals surface area contributed by atoms with Crippen molar-refractivity contribution in [2.75, 3.05) is 25.1 Å². The highest BCUT2D eigenvalue weighted by Gasteiger charge is 2.13. The van der Waals surface area contributed by atoms with Gasteiger partial charge in [0, 0.05) is 49.5 Å². The fourth-order valence-corrected chi connectivity index (χ4v) is 2.23. The molecule has 0 radical (unpaired) electrons. The second-order valence-corrected chi connectivity index (χ2v) is 5.04. The van der Waals surface area contributed by atoms with Gasteiger partial charge in [0.1, 0.15) is 0 Å². The van der Waals surface area contributed by atoms with E-state index in [0.29, 0.717) is 5.95 Å². The number of hydrogen-bond acceptors (Lipinski definition) is 7. The smallest absolute Gasteiger partial charge is 0.223 e. The highest BCUT2D eigenvalue weighted by atomic mass is 16.5. The zero-order valence-corrected chi connectivity index (χ0v) is 13.5. The molecule has 0 bridgehead atoms. The molecule has 0 saturated heterocycles. The first-order chi connectivity index (χ1) is 11.9. The van der Waals surface area contributed by atoms with E-state index in [2.05, 4.69) is 25.3 Å². The van der Waals surface area contributed by atoms with Crippen LogP contribution in [0.1, 0.15) is 13.3 Å². The van der Waals surface area contributed by atoms with Crippen LogP contribution in [0.2, 0.25) is 0 Å². The Morgan fingerprint density at radius 1 is 1.21 bits per heavy atom. The molecule has 7 heteroatoms. The molecular weight excluding hydrogens is 306 g/mol. The van der Waals surface area contributed by atoms with Gasteiger partial charge in [-0.25, -0.2) is 9.97 Å². The third-order valence-electron chi connectivity index (χ3n) is 3.38. The molecule has 0 aliphatic heterocycles. The lowest BCUT2D eigenvalue weighted by molar-refractivity contribution is 0.147. The van der Waals surface area contributed by atoms with Crippen molar-refractivity contribution < 1.29 is 9.15 Å². The number of furan rings is 1. The number of aromatic nitrogens is 4. The van der Waals surface area contributed by atoms with Crippen LogP contribution in [0.4, 0.5) is 5.95 Å². The Hall–Kier alpha value is -2.80. The number of nitrogens with one attached hydrogen (secondary N) is 1. The maximum atomic E-state index is 5.32. The second-order valence-electron chi connectivity index (χ2n) is 5.04. The van der Waals surface area contributed by atoms with E-state index in [0.717, 1.165) is 48.7 Å². The summed E-state index contributed by atoms with van der Waals surface area (Å²) in [5, 5.41) is 3.22. The number of anilines is 1. The molecule has 0 aromatic carbocycles. The normalized spacial score (nSPS) is 10.7. The summed E-state index contributed by atoms with van der Waals surface area (Å²) in [6, 6.07) is 1.86. The van der Waals surface area contributed by atoms with Crippen LogP contribution in [0.5, 0.6) is 0 Å². The molecule has 1 N–H and O–H groups in total. The van der Waals surface area contributed by atoms with Crippen LogP contribution in [0.25, 0.3) is 22.5 Å². The molecule has 124 valence electrons.